The average Bonchev–Trinajstić information content (AvgIpc) is 2.80. The number of carbonyl (C=O) groups excluding carboxylic acids is 2. The fourth-order valence-corrected chi connectivity index (χ4v) is 4.69. The lowest BCUT2D eigenvalue weighted by Gasteiger charge is -2.29. The molecule has 8 nitrogen and oxygen atoms in total. The lowest BCUT2D eigenvalue weighted by atomic mass is 10.1. The predicted octanol–water partition coefficient (Wildman–Crippen LogP) is 3.56. The highest BCUT2D eigenvalue weighted by molar-refractivity contribution is 9.10. The van der Waals surface area contributed by atoms with E-state index in [9.17, 15) is 18.0 Å². The second kappa shape index (κ2) is 12.8. The zero-order valence-corrected chi connectivity index (χ0v) is 22.4. The fraction of sp³-hybridized carbons (Fsp3) is 0.417. The molecule has 0 saturated carbocycles. The third-order valence-electron chi connectivity index (χ3n) is 5.27. The third kappa shape index (κ3) is 8.02. The van der Waals surface area contributed by atoms with E-state index in [1.165, 1.54) is 16.3 Å². The first-order valence-electron chi connectivity index (χ1n) is 11.0. The van der Waals surface area contributed by atoms with E-state index in [4.69, 9.17) is 4.74 Å². The molecule has 1 unspecified atom stereocenters. The summed E-state index contributed by atoms with van der Waals surface area (Å²) in [7, 11) is -2.02. The van der Waals surface area contributed by atoms with Gasteiger partial charge in [-0.15, -0.1) is 0 Å². The number of amides is 2. The van der Waals surface area contributed by atoms with Crippen LogP contribution in [0, 0.1) is 0 Å². The Morgan fingerprint density at radius 1 is 1.09 bits per heavy atom. The molecular formula is C24H32BrN3O5S. The number of nitrogens with one attached hydrogen (secondary N) is 1. The molecule has 0 bridgehead atoms. The lowest BCUT2D eigenvalue weighted by molar-refractivity contribution is -0.140. The highest BCUT2D eigenvalue weighted by atomic mass is 79.9. The maximum absolute atomic E-state index is 13.1. The molecule has 34 heavy (non-hydrogen) atoms. The summed E-state index contributed by atoms with van der Waals surface area (Å²) in [5.74, 6) is 0.165. The smallest absolute Gasteiger partial charge is 0.242 e. The van der Waals surface area contributed by atoms with Crippen molar-refractivity contribution >= 4 is 43.5 Å². The van der Waals surface area contributed by atoms with Crippen molar-refractivity contribution in [2.45, 2.75) is 39.3 Å². The van der Waals surface area contributed by atoms with E-state index in [0.717, 1.165) is 16.3 Å². The van der Waals surface area contributed by atoms with Gasteiger partial charge in [0, 0.05) is 31.0 Å². The summed E-state index contributed by atoms with van der Waals surface area (Å²) in [4.78, 5) is 26.9. The van der Waals surface area contributed by atoms with Gasteiger partial charge in [0.2, 0.25) is 21.8 Å². The van der Waals surface area contributed by atoms with Crippen LogP contribution in [0.25, 0.3) is 0 Å². The Hall–Kier alpha value is -2.59. The third-order valence-corrected chi connectivity index (χ3v) is 6.99. The molecule has 0 aromatic heterocycles. The Kier molecular flexibility index (Phi) is 10.4. The van der Waals surface area contributed by atoms with Gasteiger partial charge in [-0.25, -0.2) is 8.42 Å². The van der Waals surface area contributed by atoms with Crippen LogP contribution in [0.4, 0.5) is 5.69 Å². The highest BCUT2D eigenvalue weighted by Gasteiger charge is 2.26. The molecule has 2 rings (SSSR count). The molecule has 1 N–H and O–H groups in total. The van der Waals surface area contributed by atoms with Crippen molar-refractivity contribution in [3.8, 4) is 5.75 Å². The van der Waals surface area contributed by atoms with Gasteiger partial charge in [0.25, 0.3) is 0 Å². The summed E-state index contributed by atoms with van der Waals surface area (Å²) in [5, 5.41) is 2.59. The number of halogens is 1. The van der Waals surface area contributed by atoms with Crippen LogP contribution >= 0.6 is 15.9 Å². The normalized spacial score (nSPS) is 12.0. The van der Waals surface area contributed by atoms with Gasteiger partial charge in [-0.05, 0) is 62.2 Å². The molecule has 0 spiro atoms. The zero-order chi connectivity index (χ0) is 25.3. The van der Waals surface area contributed by atoms with Gasteiger partial charge >= 0.3 is 0 Å². The van der Waals surface area contributed by atoms with E-state index in [-0.39, 0.29) is 31.3 Å². The van der Waals surface area contributed by atoms with Crippen LogP contribution in [-0.4, -0.2) is 57.6 Å². The summed E-state index contributed by atoms with van der Waals surface area (Å²) < 4.78 is 32.4. The van der Waals surface area contributed by atoms with Crippen LogP contribution in [-0.2, 0) is 26.2 Å². The quantitative estimate of drug-likeness (QED) is 0.433. The maximum atomic E-state index is 13.1. The Bertz CT molecular complexity index is 1060. The zero-order valence-electron chi connectivity index (χ0n) is 20.0. The molecule has 0 radical (unpaired) electrons. The first kappa shape index (κ1) is 27.7. The Morgan fingerprint density at radius 3 is 2.24 bits per heavy atom. The van der Waals surface area contributed by atoms with Crippen LogP contribution in [0.5, 0.6) is 5.75 Å². The number of hydrogen-bond donors (Lipinski definition) is 1. The largest absolute Gasteiger partial charge is 0.494 e. The number of rotatable bonds is 12. The summed E-state index contributed by atoms with van der Waals surface area (Å²) in [5.41, 5.74) is 1.39. The van der Waals surface area contributed by atoms with Gasteiger partial charge in [-0.3, -0.25) is 13.9 Å². The molecule has 0 saturated heterocycles. The molecule has 2 aromatic carbocycles. The minimum atomic E-state index is -3.55. The van der Waals surface area contributed by atoms with E-state index in [2.05, 4.69) is 21.2 Å². The minimum Gasteiger partial charge on any atom is -0.494 e. The standard InChI is InChI=1S/C24H32BrN3O5S/c1-5-33-22-14-12-21(13-15-22)28(34(4,31)32)16-6-7-23(29)27(18(2)24(30)26-3)17-19-8-10-20(25)11-9-19/h8-15,18H,5-7,16-17H2,1-4H3,(H,26,30). The Balaban J connectivity index is 2.12. The summed E-state index contributed by atoms with van der Waals surface area (Å²) in [6.07, 6.45) is 1.54. The maximum Gasteiger partial charge on any atom is 0.242 e. The van der Waals surface area contributed by atoms with E-state index in [1.807, 2.05) is 31.2 Å². The van der Waals surface area contributed by atoms with Gasteiger partial charge < -0.3 is 15.0 Å². The number of likely N-dealkylation sites (N-methyl/N-ethyl adjacent to an activating group) is 1. The number of sulfonamides is 1. The number of hydrogen-bond acceptors (Lipinski definition) is 5. The van der Waals surface area contributed by atoms with Crippen LogP contribution in [0.3, 0.4) is 0 Å². The summed E-state index contributed by atoms with van der Waals surface area (Å²) in [6, 6.07) is 13.7. The molecule has 0 aliphatic rings. The molecule has 0 heterocycles. The van der Waals surface area contributed by atoms with Gasteiger partial charge in [-0.1, -0.05) is 28.1 Å². The molecule has 10 heteroatoms. The number of nitrogens with zero attached hydrogens (tertiary/aromatic N) is 2. The highest BCUT2D eigenvalue weighted by Crippen LogP contribution is 2.23. The summed E-state index contributed by atoms with van der Waals surface area (Å²) >= 11 is 3.39. The van der Waals surface area contributed by atoms with Crippen LogP contribution < -0.4 is 14.4 Å². The molecule has 0 fully saturated rings. The average molecular weight is 555 g/mol. The second-order valence-electron chi connectivity index (χ2n) is 7.80. The van der Waals surface area contributed by atoms with Gasteiger partial charge in [0.15, 0.2) is 0 Å². The van der Waals surface area contributed by atoms with E-state index >= 15 is 0 Å². The molecule has 2 aromatic rings. The Labute approximate surface area is 210 Å². The van der Waals surface area contributed by atoms with Crippen LogP contribution in [0.1, 0.15) is 32.3 Å². The van der Waals surface area contributed by atoms with Crippen molar-refractivity contribution in [2.75, 3.05) is 30.8 Å². The Morgan fingerprint density at radius 2 is 1.71 bits per heavy atom. The molecule has 0 aliphatic carbocycles. The number of carbonyl (C=O) groups is 2. The number of ether oxygens (including phenoxy) is 1. The van der Waals surface area contributed by atoms with Crippen molar-refractivity contribution < 1.29 is 22.7 Å². The summed E-state index contributed by atoms with van der Waals surface area (Å²) in [6.45, 7) is 4.48. The van der Waals surface area contributed by atoms with Crippen LogP contribution in [0.15, 0.2) is 53.0 Å². The van der Waals surface area contributed by atoms with E-state index in [1.54, 1.807) is 31.2 Å². The topological polar surface area (TPSA) is 96.0 Å². The SMILES string of the molecule is CCOc1ccc(N(CCCC(=O)N(Cc2ccc(Br)cc2)C(C)C(=O)NC)S(C)(=O)=O)cc1. The van der Waals surface area contributed by atoms with E-state index < -0.39 is 16.1 Å². The number of anilines is 1. The van der Waals surface area contributed by atoms with Gasteiger partial charge in [-0.2, -0.15) is 0 Å². The van der Waals surface area contributed by atoms with Crippen molar-refractivity contribution in [2.24, 2.45) is 0 Å². The molecule has 186 valence electrons. The minimum absolute atomic E-state index is 0.0981. The van der Waals surface area contributed by atoms with Crippen LogP contribution in [0.2, 0.25) is 0 Å². The van der Waals surface area contributed by atoms with E-state index in [0.29, 0.717) is 24.5 Å². The first-order chi connectivity index (χ1) is 16.1. The molecule has 1 atom stereocenters. The predicted molar refractivity (Wildman–Crippen MR) is 137 cm³/mol. The molecular weight excluding hydrogens is 522 g/mol. The van der Waals surface area contributed by atoms with Gasteiger partial charge in [0.05, 0.1) is 18.6 Å². The monoisotopic (exact) mass is 553 g/mol. The number of benzene rings is 2. The lowest BCUT2D eigenvalue weighted by Crippen LogP contribution is -2.46. The molecule has 2 amide bonds. The first-order valence-corrected chi connectivity index (χ1v) is 13.7. The van der Waals surface area contributed by atoms with Crippen molar-refractivity contribution in [3.05, 3.63) is 58.6 Å². The van der Waals surface area contributed by atoms with Crippen molar-refractivity contribution in [1.82, 2.24) is 10.2 Å². The molecule has 0 aliphatic heterocycles. The fourth-order valence-electron chi connectivity index (χ4n) is 3.46. The van der Waals surface area contributed by atoms with Crippen molar-refractivity contribution in [3.63, 3.8) is 0 Å². The van der Waals surface area contributed by atoms with Gasteiger partial charge in [0.1, 0.15) is 11.8 Å². The van der Waals surface area contributed by atoms with Crippen molar-refractivity contribution in [1.29, 1.82) is 0 Å². The second-order valence-corrected chi connectivity index (χ2v) is 10.6.